The molecule has 0 bridgehead atoms. The number of benzene rings is 3. The van der Waals surface area contributed by atoms with E-state index in [9.17, 15) is 21.6 Å². The van der Waals surface area contributed by atoms with Crippen LogP contribution in [-0.2, 0) is 24.8 Å². The fraction of sp³-hybridized carbons (Fsp3) is 0.0769. The van der Waals surface area contributed by atoms with E-state index in [4.69, 9.17) is 5.69 Å². The van der Waals surface area contributed by atoms with E-state index in [-0.39, 0.29) is 26.9 Å². The van der Waals surface area contributed by atoms with Crippen molar-refractivity contribution >= 4 is 53.3 Å². The van der Waals surface area contributed by atoms with Crippen molar-refractivity contribution in [2.45, 2.75) is 23.6 Å². The fourth-order valence-corrected chi connectivity index (χ4v) is 6.55. The number of hydrogen-bond donors (Lipinski definition) is 4. The zero-order valence-corrected chi connectivity index (χ0v) is 22.5. The highest BCUT2D eigenvalue weighted by molar-refractivity contribution is 8.14. The lowest BCUT2D eigenvalue weighted by Gasteiger charge is -2.17. The fourth-order valence-electron chi connectivity index (χ4n) is 3.42. The van der Waals surface area contributed by atoms with Crippen LogP contribution in [0.2, 0.25) is 0 Å². The van der Waals surface area contributed by atoms with Crippen molar-refractivity contribution in [3.63, 3.8) is 0 Å². The SMILES string of the molecule is C#[SH]1C=CC=C1C(=O)Nc1ccc(NS(=O)(=O)c2ccc(C)cc2)c(NS(=O)(=O)c2ccc(C)cc2)c1. The highest BCUT2D eigenvalue weighted by Gasteiger charge is 2.21. The van der Waals surface area contributed by atoms with Crippen LogP contribution in [0, 0.1) is 19.5 Å². The lowest BCUT2D eigenvalue weighted by molar-refractivity contribution is -0.112. The van der Waals surface area contributed by atoms with Gasteiger partial charge in [0.1, 0.15) is 0 Å². The smallest absolute Gasteiger partial charge is 0.261 e. The van der Waals surface area contributed by atoms with Crippen LogP contribution in [0.1, 0.15) is 11.1 Å². The predicted octanol–water partition coefficient (Wildman–Crippen LogP) is 4.84. The zero-order valence-electron chi connectivity index (χ0n) is 20.0. The third-order valence-electron chi connectivity index (χ3n) is 5.44. The van der Waals surface area contributed by atoms with Gasteiger partial charge in [0, 0.05) is 5.69 Å². The molecule has 1 aliphatic rings. The molecule has 3 aromatic carbocycles. The van der Waals surface area contributed by atoms with Crippen LogP contribution in [-0.4, -0.2) is 22.7 Å². The Morgan fingerprint density at radius 1 is 0.757 bits per heavy atom. The Balaban J connectivity index is 1.70. The number of carbonyl (C=O) groups is 1. The van der Waals surface area contributed by atoms with E-state index < -0.39 is 36.3 Å². The monoisotopic (exact) mass is 555 g/mol. The Morgan fingerprint density at radius 3 is 1.76 bits per heavy atom. The minimum atomic E-state index is -4.08. The maximum absolute atomic E-state index is 13.1. The number of aryl methyl sites for hydroxylation is 2. The third kappa shape index (κ3) is 6.15. The van der Waals surface area contributed by atoms with Gasteiger partial charge < -0.3 is 5.32 Å². The van der Waals surface area contributed by atoms with Gasteiger partial charge in [0.25, 0.3) is 26.0 Å². The van der Waals surface area contributed by atoms with Crippen molar-refractivity contribution in [1.29, 1.82) is 0 Å². The van der Waals surface area contributed by atoms with E-state index in [0.717, 1.165) is 11.1 Å². The standard InChI is InChI=1S/C26H25N3O5S3/c1-18-6-11-21(12-7-18)36(31,32)28-23-15-10-20(27-26(30)25-5-4-16-35(25)3)17-24(23)29-37(33,34)22-13-8-19(2)9-14-22/h3-17,28-29,35H,1-2H3,(H,27,30). The Hall–Kier alpha value is -3.76. The third-order valence-corrected chi connectivity index (χ3v) is 9.60. The second-order valence-corrected chi connectivity index (χ2v) is 13.3. The van der Waals surface area contributed by atoms with E-state index in [1.165, 1.54) is 42.5 Å². The molecule has 1 aliphatic heterocycles. The zero-order chi connectivity index (χ0) is 26.8. The van der Waals surface area contributed by atoms with Crippen LogP contribution in [0.5, 0.6) is 0 Å². The molecular weight excluding hydrogens is 531 g/mol. The van der Waals surface area contributed by atoms with Gasteiger partial charge in [0.15, 0.2) is 0 Å². The molecule has 0 aromatic heterocycles. The molecule has 1 amide bonds. The summed E-state index contributed by atoms with van der Waals surface area (Å²) in [6, 6.07) is 16.6. The van der Waals surface area contributed by atoms with Crippen molar-refractivity contribution in [2.24, 2.45) is 0 Å². The van der Waals surface area contributed by atoms with Gasteiger partial charge in [-0.25, -0.2) is 16.8 Å². The molecule has 1 unspecified atom stereocenters. The van der Waals surface area contributed by atoms with Crippen molar-refractivity contribution < 1.29 is 21.6 Å². The van der Waals surface area contributed by atoms with Crippen molar-refractivity contribution in [1.82, 2.24) is 0 Å². The summed E-state index contributed by atoms with van der Waals surface area (Å²) in [7, 11) is -9.34. The molecule has 0 fully saturated rings. The maximum atomic E-state index is 13.1. The number of sulfonamides is 2. The topological polar surface area (TPSA) is 121 Å². The van der Waals surface area contributed by atoms with Crippen molar-refractivity contribution in [3.05, 3.63) is 100 Å². The quantitative estimate of drug-likeness (QED) is 0.296. The Kier molecular flexibility index (Phi) is 7.33. The molecule has 0 radical (unpaired) electrons. The average Bonchev–Trinajstić information content (AvgIpc) is 3.27. The Labute approximate surface area is 218 Å². The first-order valence-corrected chi connectivity index (χ1v) is 15.5. The van der Waals surface area contributed by atoms with Gasteiger partial charge in [-0.15, -0.1) is 5.69 Å². The van der Waals surface area contributed by atoms with Gasteiger partial charge >= 0.3 is 0 Å². The predicted molar refractivity (Wildman–Crippen MR) is 150 cm³/mol. The van der Waals surface area contributed by atoms with E-state index in [1.807, 2.05) is 13.8 Å². The minimum Gasteiger partial charge on any atom is -0.321 e. The van der Waals surface area contributed by atoms with E-state index in [1.54, 1.807) is 41.8 Å². The van der Waals surface area contributed by atoms with Crippen LogP contribution < -0.4 is 14.8 Å². The molecule has 11 heteroatoms. The number of rotatable bonds is 8. The summed E-state index contributed by atoms with van der Waals surface area (Å²) in [6.07, 6.45) is 3.32. The Bertz CT molecular complexity index is 1710. The number of thiol groups is 1. The highest BCUT2D eigenvalue weighted by atomic mass is 32.2. The number of anilines is 3. The average molecular weight is 556 g/mol. The van der Waals surface area contributed by atoms with E-state index in [2.05, 4.69) is 14.8 Å². The summed E-state index contributed by atoms with van der Waals surface area (Å²) in [5.74, 6) is -0.432. The molecule has 0 saturated carbocycles. The number of amides is 1. The number of nitrogens with one attached hydrogen (secondary N) is 3. The molecule has 3 N–H and O–H groups in total. The lowest BCUT2D eigenvalue weighted by atomic mass is 10.2. The minimum absolute atomic E-state index is 0.00385. The molecule has 4 rings (SSSR count). The van der Waals surface area contributed by atoms with E-state index >= 15 is 0 Å². The molecule has 0 saturated heterocycles. The highest BCUT2D eigenvalue weighted by Crippen LogP contribution is 2.32. The lowest BCUT2D eigenvalue weighted by Crippen LogP contribution is -2.18. The first-order chi connectivity index (χ1) is 17.4. The molecule has 1 heterocycles. The first kappa shape index (κ1) is 26.3. The normalized spacial score (nSPS) is 15.2. The summed E-state index contributed by atoms with van der Waals surface area (Å²) in [6.45, 7) is 3.66. The molecule has 37 heavy (non-hydrogen) atoms. The summed E-state index contributed by atoms with van der Waals surface area (Å²) >= 11 is 0. The van der Waals surface area contributed by atoms with Crippen LogP contribution in [0.3, 0.4) is 0 Å². The maximum Gasteiger partial charge on any atom is 0.261 e. The molecule has 3 aromatic rings. The molecular formula is C26H25N3O5S3. The second-order valence-electron chi connectivity index (χ2n) is 8.35. The number of allylic oxidation sites excluding steroid dienone is 2. The van der Waals surface area contributed by atoms with Crippen LogP contribution >= 0.6 is 10.3 Å². The number of hydrogen-bond acceptors (Lipinski definition) is 5. The van der Waals surface area contributed by atoms with Gasteiger partial charge in [-0.2, -0.15) is 10.3 Å². The van der Waals surface area contributed by atoms with Gasteiger partial charge in [-0.3, -0.25) is 14.2 Å². The summed E-state index contributed by atoms with van der Waals surface area (Å²) in [5, 5.41) is 4.42. The van der Waals surface area contributed by atoms with Crippen LogP contribution in [0.4, 0.5) is 17.1 Å². The van der Waals surface area contributed by atoms with Crippen molar-refractivity contribution in [2.75, 3.05) is 14.8 Å². The molecule has 1 atom stereocenters. The van der Waals surface area contributed by atoms with E-state index in [0.29, 0.717) is 4.91 Å². The largest absolute Gasteiger partial charge is 0.321 e. The molecule has 192 valence electrons. The Morgan fingerprint density at radius 2 is 1.27 bits per heavy atom. The summed E-state index contributed by atoms with van der Waals surface area (Å²) < 4.78 is 57.2. The van der Waals surface area contributed by atoms with Crippen LogP contribution in [0.15, 0.2) is 99.0 Å². The molecule has 0 spiro atoms. The van der Waals surface area contributed by atoms with Gasteiger partial charge in [-0.1, -0.05) is 41.5 Å². The van der Waals surface area contributed by atoms with Gasteiger partial charge in [0.05, 0.1) is 26.1 Å². The van der Waals surface area contributed by atoms with Crippen LogP contribution in [0.25, 0.3) is 0 Å². The molecule has 8 nitrogen and oxygen atoms in total. The summed E-state index contributed by atoms with van der Waals surface area (Å²) in [4.78, 5) is 13.1. The second kappa shape index (κ2) is 10.3. The molecule has 0 aliphatic carbocycles. The van der Waals surface area contributed by atoms with Crippen molar-refractivity contribution in [3.8, 4) is 5.69 Å². The van der Waals surface area contributed by atoms with Gasteiger partial charge in [0.2, 0.25) is 0 Å². The summed E-state index contributed by atoms with van der Waals surface area (Å²) in [5.41, 5.74) is 7.90. The number of carbonyl (C=O) groups excluding carboxylic acids is 1. The first-order valence-electron chi connectivity index (χ1n) is 11.0. The van der Waals surface area contributed by atoms with Gasteiger partial charge in [-0.05, 0) is 67.8 Å².